The summed E-state index contributed by atoms with van der Waals surface area (Å²) in [5.74, 6) is 0. The Bertz CT molecular complexity index is 280. The van der Waals surface area contributed by atoms with E-state index in [4.69, 9.17) is 0 Å². The second-order valence-electron chi connectivity index (χ2n) is 4.35. The third-order valence-electron chi connectivity index (χ3n) is 3.03. The van der Waals surface area contributed by atoms with Crippen molar-refractivity contribution in [1.82, 2.24) is 5.32 Å². The third-order valence-corrected chi connectivity index (χ3v) is 4.26. The minimum absolute atomic E-state index is 0.701. The fraction of sp³-hybridized carbons (Fsp3) is 0.714. The molecule has 0 aliphatic carbocycles. The summed E-state index contributed by atoms with van der Waals surface area (Å²) in [4.78, 5) is 2.98. The van der Waals surface area contributed by atoms with Gasteiger partial charge in [0.25, 0.3) is 0 Å². The van der Waals surface area contributed by atoms with Crippen LogP contribution in [0.25, 0.3) is 0 Å². The summed E-state index contributed by atoms with van der Waals surface area (Å²) in [6.07, 6.45) is 6.37. The van der Waals surface area contributed by atoms with Gasteiger partial charge in [-0.1, -0.05) is 33.6 Å². The smallest absolute Gasteiger partial charge is 0.0302 e. The van der Waals surface area contributed by atoms with Crippen LogP contribution in [0.4, 0.5) is 0 Å². The molecule has 0 saturated carbocycles. The Morgan fingerprint density at radius 3 is 2.50 bits per heavy atom. The fourth-order valence-corrected chi connectivity index (χ4v) is 2.76. The van der Waals surface area contributed by atoms with E-state index in [9.17, 15) is 0 Å². The summed E-state index contributed by atoms with van der Waals surface area (Å²) >= 11 is 1.95. The lowest BCUT2D eigenvalue weighted by atomic mass is 10.1. The zero-order valence-corrected chi connectivity index (χ0v) is 11.7. The molecule has 16 heavy (non-hydrogen) atoms. The molecule has 1 atom stereocenters. The van der Waals surface area contributed by atoms with Gasteiger partial charge in [-0.25, -0.2) is 0 Å². The van der Waals surface area contributed by atoms with E-state index in [1.165, 1.54) is 35.4 Å². The summed E-state index contributed by atoms with van der Waals surface area (Å²) in [6, 6.07) is 5.23. The maximum atomic E-state index is 3.67. The van der Waals surface area contributed by atoms with Gasteiger partial charge in [-0.15, -0.1) is 11.3 Å². The molecule has 2 heteroatoms. The second-order valence-corrected chi connectivity index (χ2v) is 5.60. The maximum absolute atomic E-state index is 3.67. The molecule has 1 rings (SSSR count). The lowest BCUT2D eigenvalue weighted by molar-refractivity contribution is 0.454. The van der Waals surface area contributed by atoms with E-state index in [0.29, 0.717) is 6.04 Å². The maximum Gasteiger partial charge on any atom is 0.0302 e. The van der Waals surface area contributed by atoms with Crippen LogP contribution < -0.4 is 5.32 Å². The van der Waals surface area contributed by atoms with E-state index in [1.54, 1.807) is 0 Å². The number of rotatable bonds is 8. The minimum atomic E-state index is 0.701. The van der Waals surface area contributed by atoms with Gasteiger partial charge in [0, 0.05) is 22.3 Å². The molecule has 0 amide bonds. The number of unbranched alkanes of at least 4 members (excludes halogenated alkanes) is 1. The summed E-state index contributed by atoms with van der Waals surface area (Å²) in [5, 5.41) is 3.67. The lowest BCUT2D eigenvalue weighted by Crippen LogP contribution is -2.27. The molecule has 92 valence electrons. The van der Waals surface area contributed by atoms with Gasteiger partial charge in [0.15, 0.2) is 0 Å². The molecule has 0 spiro atoms. The molecule has 1 N–H and O–H groups in total. The van der Waals surface area contributed by atoms with Gasteiger partial charge in [-0.2, -0.15) is 0 Å². The van der Waals surface area contributed by atoms with Crippen LogP contribution in [-0.2, 0) is 13.0 Å². The highest BCUT2D eigenvalue weighted by molar-refractivity contribution is 7.11. The standard InChI is InChI=1S/C14H25NS/c1-4-7-8-12(5-2)15-11-14-10-9-13(6-3)16-14/h9-10,12,15H,4-8,11H2,1-3H3. The predicted molar refractivity (Wildman–Crippen MR) is 74.1 cm³/mol. The van der Waals surface area contributed by atoms with Gasteiger partial charge in [0.2, 0.25) is 0 Å². The van der Waals surface area contributed by atoms with E-state index in [2.05, 4.69) is 38.2 Å². The summed E-state index contributed by atoms with van der Waals surface area (Å²) < 4.78 is 0. The Morgan fingerprint density at radius 1 is 1.19 bits per heavy atom. The molecule has 0 saturated heterocycles. The topological polar surface area (TPSA) is 12.0 Å². The zero-order valence-electron chi connectivity index (χ0n) is 10.9. The highest BCUT2D eigenvalue weighted by Gasteiger charge is 2.05. The van der Waals surface area contributed by atoms with Crippen LogP contribution >= 0.6 is 11.3 Å². The second kappa shape index (κ2) is 7.86. The van der Waals surface area contributed by atoms with Crippen molar-refractivity contribution in [2.75, 3.05) is 0 Å². The highest BCUT2D eigenvalue weighted by atomic mass is 32.1. The monoisotopic (exact) mass is 239 g/mol. The number of hydrogen-bond donors (Lipinski definition) is 1. The Kier molecular flexibility index (Phi) is 6.74. The van der Waals surface area contributed by atoms with E-state index < -0.39 is 0 Å². The minimum Gasteiger partial charge on any atom is -0.309 e. The van der Waals surface area contributed by atoms with Crippen LogP contribution in [0.3, 0.4) is 0 Å². The predicted octanol–water partition coefficient (Wildman–Crippen LogP) is 4.37. The van der Waals surface area contributed by atoms with Crippen LogP contribution in [0, 0.1) is 0 Å². The Hall–Kier alpha value is -0.340. The van der Waals surface area contributed by atoms with Gasteiger partial charge in [0.1, 0.15) is 0 Å². The summed E-state index contributed by atoms with van der Waals surface area (Å²) in [6.45, 7) is 7.81. The Balaban J connectivity index is 2.31. The number of thiophene rings is 1. The highest BCUT2D eigenvalue weighted by Crippen LogP contribution is 2.17. The molecule has 1 nitrogen and oxygen atoms in total. The van der Waals surface area contributed by atoms with Crippen LogP contribution in [0.2, 0.25) is 0 Å². The number of hydrogen-bond acceptors (Lipinski definition) is 2. The van der Waals surface area contributed by atoms with E-state index >= 15 is 0 Å². The van der Waals surface area contributed by atoms with Crippen molar-refractivity contribution in [3.63, 3.8) is 0 Å². The molecular weight excluding hydrogens is 214 g/mol. The average molecular weight is 239 g/mol. The van der Waals surface area contributed by atoms with Gasteiger partial charge < -0.3 is 5.32 Å². The molecule has 0 bridgehead atoms. The largest absolute Gasteiger partial charge is 0.309 e. The first-order valence-electron chi connectivity index (χ1n) is 6.61. The Labute approximate surface area is 104 Å². The van der Waals surface area contributed by atoms with Crippen molar-refractivity contribution in [3.05, 3.63) is 21.9 Å². The van der Waals surface area contributed by atoms with Crippen molar-refractivity contribution in [1.29, 1.82) is 0 Å². The quantitative estimate of drug-likeness (QED) is 0.710. The van der Waals surface area contributed by atoms with Gasteiger partial charge >= 0.3 is 0 Å². The lowest BCUT2D eigenvalue weighted by Gasteiger charge is -2.15. The van der Waals surface area contributed by atoms with E-state index in [0.717, 1.165) is 13.0 Å². The van der Waals surface area contributed by atoms with Crippen molar-refractivity contribution in [2.45, 2.75) is 65.5 Å². The SMILES string of the molecule is CCCCC(CC)NCc1ccc(CC)s1. The number of aryl methyl sites for hydroxylation is 1. The molecule has 1 aromatic rings. The molecule has 1 unspecified atom stereocenters. The van der Waals surface area contributed by atoms with Crippen LogP contribution in [0.15, 0.2) is 12.1 Å². The first kappa shape index (κ1) is 13.7. The molecular formula is C14H25NS. The first-order valence-corrected chi connectivity index (χ1v) is 7.42. The summed E-state index contributed by atoms with van der Waals surface area (Å²) in [5.41, 5.74) is 0. The number of nitrogens with one attached hydrogen (secondary N) is 1. The van der Waals surface area contributed by atoms with Gasteiger partial charge in [-0.05, 0) is 31.4 Å². The van der Waals surface area contributed by atoms with Gasteiger partial charge in [0.05, 0.1) is 0 Å². The van der Waals surface area contributed by atoms with Crippen molar-refractivity contribution in [3.8, 4) is 0 Å². The Morgan fingerprint density at radius 2 is 1.94 bits per heavy atom. The molecule has 0 aliphatic heterocycles. The summed E-state index contributed by atoms with van der Waals surface area (Å²) in [7, 11) is 0. The third kappa shape index (κ3) is 4.67. The van der Waals surface area contributed by atoms with Crippen molar-refractivity contribution in [2.24, 2.45) is 0 Å². The zero-order chi connectivity index (χ0) is 11.8. The molecule has 1 heterocycles. The van der Waals surface area contributed by atoms with Crippen LogP contribution in [0.1, 0.15) is 56.2 Å². The molecule has 1 aromatic heterocycles. The van der Waals surface area contributed by atoms with Crippen LogP contribution in [0.5, 0.6) is 0 Å². The fourth-order valence-electron chi connectivity index (χ4n) is 1.85. The van der Waals surface area contributed by atoms with Crippen molar-refractivity contribution < 1.29 is 0 Å². The van der Waals surface area contributed by atoms with E-state index in [-0.39, 0.29) is 0 Å². The van der Waals surface area contributed by atoms with Crippen molar-refractivity contribution >= 4 is 11.3 Å². The first-order chi connectivity index (χ1) is 7.80. The molecule has 0 fully saturated rings. The normalized spacial score (nSPS) is 12.9. The van der Waals surface area contributed by atoms with Crippen LogP contribution in [-0.4, -0.2) is 6.04 Å². The average Bonchev–Trinajstić information content (AvgIpc) is 2.77. The van der Waals surface area contributed by atoms with Gasteiger partial charge in [-0.3, -0.25) is 0 Å². The molecule has 0 aliphatic rings. The molecule has 0 radical (unpaired) electrons. The molecule has 0 aromatic carbocycles. The van der Waals surface area contributed by atoms with E-state index in [1.807, 2.05) is 11.3 Å².